The highest BCUT2D eigenvalue weighted by atomic mass is 16.5. The Morgan fingerprint density at radius 3 is 2.80 bits per heavy atom. The Morgan fingerprint density at radius 2 is 2.13 bits per heavy atom. The van der Waals surface area contributed by atoms with Crippen molar-refractivity contribution in [1.29, 1.82) is 0 Å². The lowest BCUT2D eigenvalue weighted by Gasteiger charge is -2.07. The Labute approximate surface area is 87.6 Å². The molecule has 15 heavy (non-hydrogen) atoms. The summed E-state index contributed by atoms with van der Waals surface area (Å²) < 4.78 is 5.23. The van der Waals surface area contributed by atoms with Crippen LogP contribution < -0.4 is 4.74 Å². The van der Waals surface area contributed by atoms with Crippen LogP contribution in [0.5, 0.6) is 5.75 Å². The predicted molar refractivity (Wildman–Crippen MR) is 60.0 cm³/mol. The van der Waals surface area contributed by atoms with Crippen LogP contribution >= 0.6 is 0 Å². The molecule has 0 saturated heterocycles. The van der Waals surface area contributed by atoms with Gasteiger partial charge in [-0.3, -0.25) is 0 Å². The smallest absolute Gasteiger partial charge is 0.134 e. The number of aliphatic hydroxyl groups excluding tert-OH is 1. The number of ether oxygens (including phenoxy) is 1. The summed E-state index contributed by atoms with van der Waals surface area (Å²) in [6, 6.07) is 9.26. The van der Waals surface area contributed by atoms with Crippen LogP contribution in [0, 0.1) is 0 Å². The largest absolute Gasteiger partial charge is 0.506 e. The van der Waals surface area contributed by atoms with Gasteiger partial charge in [0.1, 0.15) is 17.2 Å². The minimum Gasteiger partial charge on any atom is -0.506 e. The highest BCUT2D eigenvalue weighted by molar-refractivity contribution is 5.86. The number of aromatic nitrogens is 1. The minimum atomic E-state index is -0.0564. The Bertz CT molecular complexity index is 520. The second kappa shape index (κ2) is 3.61. The SMILES string of the molecule is C=C(O)c1cc(OC)c2ccccc2n1. The van der Waals surface area contributed by atoms with Gasteiger partial charge in [-0.25, -0.2) is 4.98 Å². The molecular weight excluding hydrogens is 190 g/mol. The molecule has 1 aromatic heterocycles. The molecule has 1 N–H and O–H groups in total. The summed E-state index contributed by atoms with van der Waals surface area (Å²) in [6.07, 6.45) is 0. The predicted octanol–water partition coefficient (Wildman–Crippen LogP) is 2.77. The van der Waals surface area contributed by atoms with Crippen molar-refractivity contribution in [3.05, 3.63) is 42.6 Å². The van der Waals surface area contributed by atoms with Gasteiger partial charge in [-0.2, -0.15) is 0 Å². The van der Waals surface area contributed by atoms with Gasteiger partial charge in [0.15, 0.2) is 0 Å². The van der Waals surface area contributed by atoms with Crippen molar-refractivity contribution in [1.82, 2.24) is 4.98 Å². The minimum absolute atomic E-state index is 0.0564. The number of aliphatic hydroxyl groups is 1. The number of hydrogen-bond acceptors (Lipinski definition) is 3. The molecular formula is C12H11NO2. The van der Waals surface area contributed by atoms with E-state index in [0.29, 0.717) is 11.4 Å². The quantitative estimate of drug-likeness (QED) is 0.759. The molecule has 0 radical (unpaired) electrons. The van der Waals surface area contributed by atoms with Crippen molar-refractivity contribution in [2.45, 2.75) is 0 Å². The average Bonchev–Trinajstić information content (AvgIpc) is 2.27. The summed E-state index contributed by atoms with van der Waals surface area (Å²) in [4.78, 5) is 4.25. The van der Waals surface area contributed by atoms with Gasteiger partial charge in [-0.05, 0) is 12.1 Å². The Hall–Kier alpha value is -2.03. The maximum atomic E-state index is 9.29. The van der Waals surface area contributed by atoms with Crippen LogP contribution in [0.15, 0.2) is 36.9 Å². The Morgan fingerprint density at radius 1 is 1.40 bits per heavy atom. The Balaban J connectivity index is 2.77. The van der Waals surface area contributed by atoms with Gasteiger partial charge < -0.3 is 9.84 Å². The molecule has 0 amide bonds. The van der Waals surface area contributed by atoms with Crippen molar-refractivity contribution in [3.63, 3.8) is 0 Å². The van der Waals surface area contributed by atoms with Crippen LogP contribution in [0.25, 0.3) is 16.7 Å². The molecule has 1 aromatic carbocycles. The van der Waals surface area contributed by atoms with Gasteiger partial charge in [0.25, 0.3) is 0 Å². The standard InChI is InChI=1S/C12H11NO2/c1-8(14)11-7-12(15-2)9-5-3-4-6-10(9)13-11/h3-7,14H,1H2,2H3. The summed E-state index contributed by atoms with van der Waals surface area (Å²) in [5.41, 5.74) is 1.22. The second-order valence-corrected chi connectivity index (χ2v) is 3.17. The lowest BCUT2D eigenvalue weighted by molar-refractivity contribution is 0.418. The maximum absolute atomic E-state index is 9.29. The second-order valence-electron chi connectivity index (χ2n) is 3.17. The molecule has 3 nitrogen and oxygen atoms in total. The number of rotatable bonds is 2. The molecule has 0 aliphatic carbocycles. The molecule has 0 aliphatic heterocycles. The average molecular weight is 201 g/mol. The van der Waals surface area contributed by atoms with Crippen LogP contribution in [-0.4, -0.2) is 17.2 Å². The van der Waals surface area contributed by atoms with Crippen molar-refractivity contribution < 1.29 is 9.84 Å². The first-order chi connectivity index (χ1) is 7.22. The summed E-state index contributed by atoms with van der Waals surface area (Å²) in [5.74, 6) is 0.629. The first kappa shape index (κ1) is 9.52. The summed E-state index contributed by atoms with van der Waals surface area (Å²) in [6.45, 7) is 3.45. The van der Waals surface area contributed by atoms with Gasteiger partial charge in [0, 0.05) is 11.5 Å². The van der Waals surface area contributed by atoms with E-state index in [0.717, 1.165) is 10.9 Å². The van der Waals surface area contributed by atoms with E-state index in [9.17, 15) is 5.11 Å². The van der Waals surface area contributed by atoms with Crippen molar-refractivity contribution in [2.75, 3.05) is 7.11 Å². The van der Waals surface area contributed by atoms with E-state index >= 15 is 0 Å². The molecule has 2 aromatic rings. The Kier molecular flexibility index (Phi) is 2.29. The molecule has 0 spiro atoms. The fourth-order valence-electron chi connectivity index (χ4n) is 1.46. The zero-order valence-electron chi connectivity index (χ0n) is 8.40. The lowest BCUT2D eigenvalue weighted by atomic mass is 10.1. The molecule has 0 atom stereocenters. The van der Waals surface area contributed by atoms with Gasteiger partial charge in [-0.15, -0.1) is 0 Å². The first-order valence-corrected chi connectivity index (χ1v) is 4.54. The zero-order chi connectivity index (χ0) is 10.8. The molecule has 1 heterocycles. The van der Waals surface area contributed by atoms with Crippen molar-refractivity contribution in [2.24, 2.45) is 0 Å². The number of methoxy groups -OCH3 is 1. The normalized spacial score (nSPS) is 10.2. The number of nitrogens with zero attached hydrogens (tertiary/aromatic N) is 1. The van der Waals surface area contributed by atoms with Crippen LogP contribution in [-0.2, 0) is 0 Å². The van der Waals surface area contributed by atoms with E-state index in [1.165, 1.54) is 0 Å². The summed E-state index contributed by atoms with van der Waals surface area (Å²) >= 11 is 0. The zero-order valence-corrected chi connectivity index (χ0v) is 8.40. The molecule has 0 fully saturated rings. The van der Waals surface area contributed by atoms with Crippen LogP contribution in [0.1, 0.15) is 5.69 Å². The highest BCUT2D eigenvalue weighted by Gasteiger charge is 2.06. The third-order valence-corrected chi connectivity index (χ3v) is 2.19. The third kappa shape index (κ3) is 1.64. The third-order valence-electron chi connectivity index (χ3n) is 2.19. The number of para-hydroxylation sites is 1. The number of pyridine rings is 1. The molecule has 3 heteroatoms. The monoisotopic (exact) mass is 201 g/mol. The number of hydrogen-bond donors (Lipinski definition) is 1. The summed E-state index contributed by atoms with van der Waals surface area (Å²) in [5, 5.41) is 10.2. The van der Waals surface area contributed by atoms with Crippen LogP contribution in [0.4, 0.5) is 0 Å². The van der Waals surface area contributed by atoms with E-state index in [2.05, 4.69) is 11.6 Å². The number of benzene rings is 1. The maximum Gasteiger partial charge on any atom is 0.134 e. The fourth-order valence-corrected chi connectivity index (χ4v) is 1.46. The molecule has 0 saturated carbocycles. The number of fused-ring (bicyclic) bond motifs is 1. The van der Waals surface area contributed by atoms with E-state index in [4.69, 9.17) is 4.74 Å². The highest BCUT2D eigenvalue weighted by Crippen LogP contribution is 2.26. The summed E-state index contributed by atoms with van der Waals surface area (Å²) in [7, 11) is 1.59. The lowest BCUT2D eigenvalue weighted by Crippen LogP contribution is -1.92. The molecule has 0 bridgehead atoms. The molecule has 2 rings (SSSR count). The van der Waals surface area contributed by atoms with Gasteiger partial charge >= 0.3 is 0 Å². The van der Waals surface area contributed by atoms with E-state index in [1.54, 1.807) is 13.2 Å². The van der Waals surface area contributed by atoms with Crippen LogP contribution in [0.3, 0.4) is 0 Å². The molecule has 0 aliphatic rings. The van der Waals surface area contributed by atoms with Gasteiger partial charge in [0.2, 0.25) is 0 Å². The fraction of sp³-hybridized carbons (Fsp3) is 0.0833. The van der Waals surface area contributed by atoms with Crippen molar-refractivity contribution >= 4 is 16.7 Å². The molecule has 0 unspecified atom stereocenters. The van der Waals surface area contributed by atoms with Crippen molar-refractivity contribution in [3.8, 4) is 5.75 Å². The molecule has 76 valence electrons. The van der Waals surface area contributed by atoms with E-state index in [-0.39, 0.29) is 5.76 Å². The van der Waals surface area contributed by atoms with Crippen LogP contribution in [0.2, 0.25) is 0 Å². The van der Waals surface area contributed by atoms with E-state index < -0.39 is 0 Å². The topological polar surface area (TPSA) is 42.4 Å². The van der Waals surface area contributed by atoms with E-state index in [1.807, 2.05) is 24.3 Å². The van der Waals surface area contributed by atoms with Gasteiger partial charge in [0.05, 0.1) is 12.6 Å². The van der Waals surface area contributed by atoms with Gasteiger partial charge in [-0.1, -0.05) is 18.7 Å². The first-order valence-electron chi connectivity index (χ1n) is 4.54.